The number of halogens is 3. The third-order valence-electron chi connectivity index (χ3n) is 6.22. The van der Waals surface area contributed by atoms with Crippen LogP contribution in [0.5, 0.6) is 0 Å². The third-order valence-corrected chi connectivity index (χ3v) is 7.11. The molecule has 2 N–H and O–H groups in total. The maximum absolute atomic E-state index is 13.8. The van der Waals surface area contributed by atoms with Crippen molar-refractivity contribution in [3.63, 3.8) is 0 Å². The molecule has 1 saturated carbocycles. The molecule has 0 radical (unpaired) electrons. The van der Waals surface area contributed by atoms with Gasteiger partial charge in [-0.2, -0.15) is 23.4 Å². The number of pyridine rings is 1. The molecule has 194 valence electrons. The van der Waals surface area contributed by atoms with E-state index in [-0.39, 0.29) is 34.9 Å². The molecule has 9 nitrogen and oxygen atoms in total. The summed E-state index contributed by atoms with van der Waals surface area (Å²) in [5, 5.41) is 16.0. The predicted molar refractivity (Wildman–Crippen MR) is 131 cm³/mol. The smallest absolute Gasteiger partial charge is 0.379 e. The molecule has 1 aliphatic carbocycles. The second-order valence-corrected chi connectivity index (χ2v) is 9.49. The van der Waals surface area contributed by atoms with E-state index in [4.69, 9.17) is 4.74 Å². The summed E-state index contributed by atoms with van der Waals surface area (Å²) in [5.41, 5.74) is -0.314. The summed E-state index contributed by atoms with van der Waals surface area (Å²) in [5.74, 6) is -0.559. The number of carbonyl (C=O) groups is 1. The van der Waals surface area contributed by atoms with E-state index in [1.807, 2.05) is 6.92 Å². The summed E-state index contributed by atoms with van der Waals surface area (Å²) < 4.78 is 48.8. The molecule has 0 aromatic carbocycles. The fourth-order valence-corrected chi connectivity index (χ4v) is 5.23. The monoisotopic (exact) mass is 531 g/mol. The van der Waals surface area contributed by atoms with Crippen LogP contribution in [0.4, 0.5) is 18.9 Å². The number of carbonyl (C=O) groups excluding carboxylic acids is 1. The van der Waals surface area contributed by atoms with Gasteiger partial charge in [0.05, 0.1) is 29.6 Å². The summed E-state index contributed by atoms with van der Waals surface area (Å²) in [6.45, 7) is 2.59. The van der Waals surface area contributed by atoms with Crippen molar-refractivity contribution in [3.8, 4) is 22.0 Å². The van der Waals surface area contributed by atoms with Gasteiger partial charge in [0.2, 0.25) is 0 Å². The van der Waals surface area contributed by atoms with E-state index in [1.165, 1.54) is 23.6 Å². The van der Waals surface area contributed by atoms with Gasteiger partial charge in [-0.05, 0) is 44.7 Å². The lowest BCUT2D eigenvalue weighted by Gasteiger charge is -2.28. The van der Waals surface area contributed by atoms with E-state index in [2.05, 4.69) is 30.6 Å². The highest BCUT2D eigenvalue weighted by atomic mass is 32.1. The van der Waals surface area contributed by atoms with Crippen LogP contribution < -0.4 is 5.32 Å². The molecule has 1 amide bonds. The first kappa shape index (κ1) is 25.1. The molecule has 0 unspecified atom stereocenters. The Bertz CT molecular complexity index is 1360. The minimum atomic E-state index is -4.64. The molecular weight excluding hydrogens is 507 g/mol. The highest BCUT2D eigenvalue weighted by Gasteiger charge is 2.36. The molecule has 0 bridgehead atoms. The molecule has 1 fully saturated rings. The summed E-state index contributed by atoms with van der Waals surface area (Å²) in [4.78, 5) is 21.4. The lowest BCUT2D eigenvalue weighted by molar-refractivity contribution is -0.137. The zero-order valence-electron chi connectivity index (χ0n) is 19.8. The van der Waals surface area contributed by atoms with Gasteiger partial charge in [-0.15, -0.1) is 11.3 Å². The molecule has 0 saturated heterocycles. The first-order chi connectivity index (χ1) is 17.8. The Morgan fingerprint density at radius 2 is 2.08 bits per heavy atom. The highest BCUT2D eigenvalue weighted by Crippen LogP contribution is 2.39. The lowest BCUT2D eigenvalue weighted by Crippen LogP contribution is -2.24. The zero-order chi connectivity index (χ0) is 26.0. The van der Waals surface area contributed by atoms with Crippen LogP contribution in [-0.2, 0) is 10.9 Å². The third kappa shape index (κ3) is 5.42. The highest BCUT2D eigenvalue weighted by molar-refractivity contribution is 7.13. The molecule has 0 spiro atoms. The Hall–Kier alpha value is -3.58. The molecule has 4 aromatic rings. The number of alkyl halides is 3. The lowest BCUT2D eigenvalue weighted by atomic mass is 9.93. The van der Waals surface area contributed by atoms with Crippen LogP contribution in [0.3, 0.4) is 0 Å². The van der Waals surface area contributed by atoms with E-state index >= 15 is 0 Å². The number of aromatic nitrogens is 6. The average molecular weight is 532 g/mol. The van der Waals surface area contributed by atoms with Gasteiger partial charge < -0.3 is 10.1 Å². The van der Waals surface area contributed by atoms with Gasteiger partial charge in [0.1, 0.15) is 22.1 Å². The summed E-state index contributed by atoms with van der Waals surface area (Å²) in [6, 6.07) is 2.15. The minimum absolute atomic E-state index is 0.0360. The van der Waals surface area contributed by atoms with Crippen molar-refractivity contribution in [2.24, 2.45) is 0 Å². The quantitative estimate of drug-likeness (QED) is 0.322. The molecule has 4 aromatic heterocycles. The number of rotatable bonds is 7. The summed E-state index contributed by atoms with van der Waals surface area (Å²) >= 11 is 1.26. The standard InChI is InChI=1S/C24H24F3N7O2S/c1-2-36-16-7-5-15(6-8-16)34-12-18(21(33-34)20-17(24(25,26)27)4-3-9-28-20)31-22(35)19-13-37-23(32-19)14-10-29-30-11-14/h3-4,9-13,15-16H,2,5-8H2,1H3,(H,29,30)(H,31,35). The Morgan fingerprint density at radius 1 is 1.27 bits per heavy atom. The molecular formula is C24H24F3N7O2S. The number of hydrogen-bond acceptors (Lipinski definition) is 7. The van der Waals surface area contributed by atoms with Crippen molar-refractivity contribution in [3.05, 3.63) is 53.6 Å². The van der Waals surface area contributed by atoms with Crippen molar-refractivity contribution in [1.82, 2.24) is 29.9 Å². The number of H-pyrrole nitrogens is 1. The molecule has 13 heteroatoms. The number of thiazole rings is 1. The van der Waals surface area contributed by atoms with Gasteiger partial charge in [-0.3, -0.25) is 19.6 Å². The Labute approximate surface area is 214 Å². The largest absolute Gasteiger partial charge is 0.418 e. The number of aromatic amines is 1. The second kappa shape index (κ2) is 10.4. The second-order valence-electron chi connectivity index (χ2n) is 8.63. The zero-order valence-corrected chi connectivity index (χ0v) is 20.6. The van der Waals surface area contributed by atoms with Crippen LogP contribution in [0.1, 0.15) is 54.7 Å². The van der Waals surface area contributed by atoms with Gasteiger partial charge in [-0.1, -0.05) is 0 Å². The SMILES string of the molecule is CCOC1CCC(n2cc(NC(=O)c3csc(-c4cn[nH]c4)n3)c(-c3ncccc3C(F)(F)F)n2)CC1. The molecule has 5 rings (SSSR count). The van der Waals surface area contributed by atoms with Gasteiger partial charge in [0.25, 0.3) is 5.91 Å². The average Bonchev–Trinajstić information content (AvgIpc) is 3.65. The van der Waals surface area contributed by atoms with E-state index in [0.717, 1.165) is 37.3 Å². The van der Waals surface area contributed by atoms with Crippen LogP contribution in [0.2, 0.25) is 0 Å². The van der Waals surface area contributed by atoms with Gasteiger partial charge >= 0.3 is 6.18 Å². The van der Waals surface area contributed by atoms with Crippen molar-refractivity contribution in [1.29, 1.82) is 0 Å². The molecule has 37 heavy (non-hydrogen) atoms. The maximum atomic E-state index is 13.8. The van der Waals surface area contributed by atoms with Crippen LogP contribution in [-0.4, -0.2) is 48.6 Å². The van der Waals surface area contributed by atoms with Gasteiger partial charge in [0.15, 0.2) is 0 Å². The number of nitrogens with one attached hydrogen (secondary N) is 2. The Kier molecular flexibility index (Phi) is 7.07. The maximum Gasteiger partial charge on any atom is 0.418 e. The van der Waals surface area contributed by atoms with Crippen molar-refractivity contribution >= 4 is 22.9 Å². The first-order valence-corrected chi connectivity index (χ1v) is 12.7. The van der Waals surface area contributed by atoms with Crippen LogP contribution in [0, 0.1) is 0 Å². The normalized spacial score (nSPS) is 18.2. The summed E-state index contributed by atoms with van der Waals surface area (Å²) in [6.07, 6.45) is 4.78. The van der Waals surface area contributed by atoms with E-state index in [9.17, 15) is 18.0 Å². The van der Waals surface area contributed by atoms with E-state index < -0.39 is 17.6 Å². The molecule has 0 atom stereocenters. The van der Waals surface area contributed by atoms with Crippen LogP contribution in [0.15, 0.2) is 42.3 Å². The molecule has 1 aliphatic rings. The topological polar surface area (TPSA) is 111 Å². The molecule has 4 heterocycles. The minimum Gasteiger partial charge on any atom is -0.379 e. The van der Waals surface area contributed by atoms with Crippen LogP contribution >= 0.6 is 11.3 Å². The molecule has 0 aliphatic heterocycles. The van der Waals surface area contributed by atoms with Crippen molar-refractivity contribution in [2.45, 2.75) is 50.9 Å². The number of anilines is 1. The summed E-state index contributed by atoms with van der Waals surface area (Å²) in [7, 11) is 0. The Balaban J connectivity index is 1.47. The van der Waals surface area contributed by atoms with E-state index in [0.29, 0.717) is 11.6 Å². The van der Waals surface area contributed by atoms with Crippen molar-refractivity contribution in [2.75, 3.05) is 11.9 Å². The Morgan fingerprint density at radius 3 is 2.78 bits per heavy atom. The number of ether oxygens (including phenoxy) is 1. The van der Waals surface area contributed by atoms with Crippen molar-refractivity contribution < 1.29 is 22.7 Å². The number of hydrogen-bond donors (Lipinski definition) is 2. The first-order valence-electron chi connectivity index (χ1n) is 11.8. The predicted octanol–water partition coefficient (Wildman–Crippen LogP) is 5.58. The number of nitrogens with zero attached hydrogens (tertiary/aromatic N) is 5. The fraction of sp³-hybridized carbons (Fsp3) is 0.375. The van der Waals surface area contributed by atoms with E-state index in [1.54, 1.807) is 28.7 Å². The van der Waals surface area contributed by atoms with Gasteiger partial charge in [0, 0.05) is 36.1 Å². The van der Waals surface area contributed by atoms with Crippen LogP contribution in [0.25, 0.3) is 22.0 Å². The van der Waals surface area contributed by atoms with Gasteiger partial charge in [-0.25, -0.2) is 4.98 Å². The number of amides is 1. The fourth-order valence-electron chi connectivity index (χ4n) is 4.44.